The van der Waals surface area contributed by atoms with Gasteiger partial charge in [0.15, 0.2) is 0 Å². The zero-order valence-corrected chi connectivity index (χ0v) is 17.4. The van der Waals surface area contributed by atoms with Crippen molar-refractivity contribution in [3.63, 3.8) is 0 Å². The fraction of sp³-hybridized carbons (Fsp3) is 0.100. The van der Waals surface area contributed by atoms with E-state index in [1.54, 1.807) is 18.7 Å². The number of hydrogen-bond donors (Lipinski definition) is 2. The van der Waals surface area contributed by atoms with Crippen LogP contribution in [0.15, 0.2) is 70.3 Å². The fourth-order valence-electron chi connectivity index (χ4n) is 2.94. The van der Waals surface area contributed by atoms with Crippen molar-refractivity contribution >= 4 is 48.7 Å². The lowest BCUT2D eigenvalue weighted by Gasteiger charge is -2.07. The van der Waals surface area contributed by atoms with Gasteiger partial charge in [0.1, 0.15) is 0 Å². The predicted molar refractivity (Wildman–Crippen MR) is 113 cm³/mol. The third-order valence-corrected chi connectivity index (χ3v) is 6.21. The van der Waals surface area contributed by atoms with E-state index in [0.717, 1.165) is 32.0 Å². The smallest absolute Gasteiger partial charge is 0.253 e. The topological polar surface area (TPSA) is 62.7 Å². The zero-order chi connectivity index (χ0) is 18.8. The number of aromatic nitrogens is 3. The lowest BCUT2D eigenvalue weighted by molar-refractivity contribution is 0.0952. The average molecular weight is 488 g/mol. The number of nitrogens with one attached hydrogen (secondary N) is 2. The van der Waals surface area contributed by atoms with Gasteiger partial charge in [-0.05, 0) is 55.1 Å². The lowest BCUT2D eigenvalue weighted by Crippen LogP contribution is -2.22. The van der Waals surface area contributed by atoms with Crippen LogP contribution in [-0.2, 0) is 13.1 Å². The van der Waals surface area contributed by atoms with Gasteiger partial charge in [-0.25, -0.2) is 4.98 Å². The molecule has 7 heteroatoms. The maximum atomic E-state index is 12.6. The lowest BCUT2D eigenvalue weighted by atomic mass is 10.1. The maximum absolute atomic E-state index is 12.6. The van der Waals surface area contributed by atoms with Crippen LogP contribution in [0.25, 0.3) is 10.9 Å². The van der Waals surface area contributed by atoms with Gasteiger partial charge in [0.2, 0.25) is 0 Å². The summed E-state index contributed by atoms with van der Waals surface area (Å²) in [6, 6.07) is 12.1. The van der Waals surface area contributed by atoms with Crippen molar-refractivity contribution in [1.82, 2.24) is 19.9 Å². The Labute approximate surface area is 173 Å². The minimum absolute atomic E-state index is 0.0991. The van der Waals surface area contributed by atoms with E-state index < -0.39 is 0 Å². The zero-order valence-electron chi connectivity index (χ0n) is 14.2. The van der Waals surface area contributed by atoms with Gasteiger partial charge in [0.05, 0.1) is 11.9 Å². The monoisotopic (exact) mass is 486 g/mol. The second-order valence-corrected chi connectivity index (χ2v) is 7.96. The third-order valence-electron chi connectivity index (χ3n) is 4.37. The number of H-pyrrole nitrogens is 1. The van der Waals surface area contributed by atoms with Crippen LogP contribution in [0.2, 0.25) is 0 Å². The molecule has 0 aliphatic heterocycles. The fourth-order valence-corrected chi connectivity index (χ4v) is 3.62. The van der Waals surface area contributed by atoms with Crippen LogP contribution in [-0.4, -0.2) is 20.4 Å². The van der Waals surface area contributed by atoms with Gasteiger partial charge >= 0.3 is 0 Å². The maximum Gasteiger partial charge on any atom is 0.253 e. The van der Waals surface area contributed by atoms with E-state index in [4.69, 9.17) is 0 Å². The van der Waals surface area contributed by atoms with Crippen molar-refractivity contribution in [1.29, 1.82) is 0 Å². The van der Waals surface area contributed by atoms with Crippen LogP contribution in [0.4, 0.5) is 0 Å². The van der Waals surface area contributed by atoms with Gasteiger partial charge in [0.25, 0.3) is 5.91 Å². The van der Waals surface area contributed by atoms with E-state index in [-0.39, 0.29) is 5.91 Å². The highest BCUT2D eigenvalue weighted by Crippen LogP contribution is 2.30. The first-order valence-corrected chi connectivity index (χ1v) is 9.96. The van der Waals surface area contributed by atoms with Crippen LogP contribution in [0.3, 0.4) is 0 Å². The van der Waals surface area contributed by atoms with Crippen molar-refractivity contribution in [3.05, 3.63) is 87.0 Å². The first kappa shape index (κ1) is 18.0. The standard InChI is InChI=1S/C20H16Br2N4O/c21-17-7-15-16(10-24-19(15)8-18(17)22)20(27)25-9-13-1-3-14(4-2-13)11-26-6-5-23-12-26/h1-8,10,12,24H,9,11H2,(H,25,27). The summed E-state index contributed by atoms with van der Waals surface area (Å²) < 4.78 is 3.88. The number of hydrogen-bond acceptors (Lipinski definition) is 2. The second-order valence-electron chi connectivity index (χ2n) is 6.25. The van der Waals surface area contributed by atoms with E-state index in [1.807, 2.05) is 35.0 Å². The number of carbonyl (C=O) groups is 1. The summed E-state index contributed by atoms with van der Waals surface area (Å²) in [6.07, 6.45) is 7.25. The quantitative estimate of drug-likeness (QED) is 0.422. The Kier molecular flexibility index (Phi) is 5.13. The number of halogens is 2. The minimum atomic E-state index is -0.0991. The minimum Gasteiger partial charge on any atom is -0.360 e. The molecule has 0 saturated carbocycles. The molecule has 0 radical (unpaired) electrons. The van der Waals surface area contributed by atoms with Crippen molar-refractivity contribution < 1.29 is 4.79 Å². The molecule has 0 saturated heterocycles. The van der Waals surface area contributed by atoms with Gasteiger partial charge < -0.3 is 14.9 Å². The summed E-state index contributed by atoms with van der Waals surface area (Å²) >= 11 is 6.97. The summed E-state index contributed by atoms with van der Waals surface area (Å²) in [5, 5.41) is 3.88. The first-order chi connectivity index (χ1) is 13.1. The number of rotatable bonds is 5. The van der Waals surface area contributed by atoms with Crippen LogP contribution < -0.4 is 5.32 Å². The molecule has 4 aromatic rings. The van der Waals surface area contributed by atoms with Crippen molar-refractivity contribution in [2.75, 3.05) is 0 Å². The van der Waals surface area contributed by atoms with Gasteiger partial charge in [-0.15, -0.1) is 0 Å². The van der Waals surface area contributed by atoms with Gasteiger partial charge in [-0.2, -0.15) is 0 Å². The second kappa shape index (κ2) is 7.70. The normalized spacial score (nSPS) is 11.0. The SMILES string of the molecule is O=C(NCc1ccc(Cn2ccnc2)cc1)c1c[nH]c2cc(Br)c(Br)cc12. The molecular formula is C20H16Br2N4O. The highest BCUT2D eigenvalue weighted by atomic mass is 79.9. The van der Waals surface area contributed by atoms with E-state index in [0.29, 0.717) is 12.1 Å². The Balaban J connectivity index is 1.42. The van der Waals surface area contributed by atoms with Gasteiger partial charge in [-0.3, -0.25) is 4.79 Å². The predicted octanol–water partition coefficient (Wildman–Crippen LogP) is 4.87. The molecule has 136 valence electrons. The van der Waals surface area contributed by atoms with Crippen LogP contribution in [0.1, 0.15) is 21.5 Å². The summed E-state index contributed by atoms with van der Waals surface area (Å²) in [5.74, 6) is -0.0991. The molecule has 2 N–H and O–H groups in total. The Hall–Kier alpha value is -2.38. The number of carbonyl (C=O) groups excluding carboxylic acids is 1. The largest absolute Gasteiger partial charge is 0.360 e. The Morgan fingerprint density at radius 1 is 1.11 bits per heavy atom. The molecule has 2 heterocycles. The molecule has 0 unspecified atom stereocenters. The van der Waals surface area contributed by atoms with E-state index >= 15 is 0 Å². The molecule has 0 bridgehead atoms. The molecule has 2 aromatic heterocycles. The molecule has 0 fully saturated rings. The van der Waals surface area contributed by atoms with E-state index in [1.165, 1.54) is 5.56 Å². The van der Waals surface area contributed by atoms with Gasteiger partial charge in [0, 0.05) is 51.5 Å². The number of amides is 1. The molecule has 27 heavy (non-hydrogen) atoms. The summed E-state index contributed by atoms with van der Waals surface area (Å²) in [5.41, 5.74) is 3.80. The Bertz CT molecular complexity index is 1090. The third kappa shape index (κ3) is 3.99. The average Bonchev–Trinajstić information content (AvgIpc) is 3.31. The molecular weight excluding hydrogens is 472 g/mol. The van der Waals surface area contributed by atoms with Crippen LogP contribution in [0, 0.1) is 0 Å². The van der Waals surface area contributed by atoms with Crippen molar-refractivity contribution in [2.45, 2.75) is 13.1 Å². The molecule has 0 spiro atoms. The van der Waals surface area contributed by atoms with Crippen LogP contribution in [0.5, 0.6) is 0 Å². The number of benzene rings is 2. The molecule has 5 nitrogen and oxygen atoms in total. The summed E-state index contributed by atoms with van der Waals surface area (Å²) in [6.45, 7) is 1.26. The Morgan fingerprint density at radius 3 is 2.59 bits per heavy atom. The van der Waals surface area contributed by atoms with Crippen molar-refractivity contribution in [2.24, 2.45) is 0 Å². The molecule has 0 aliphatic carbocycles. The summed E-state index contributed by atoms with van der Waals surface area (Å²) in [4.78, 5) is 19.8. The highest BCUT2D eigenvalue weighted by molar-refractivity contribution is 9.13. The molecule has 0 aliphatic rings. The molecule has 4 rings (SSSR count). The Morgan fingerprint density at radius 2 is 1.85 bits per heavy atom. The van der Waals surface area contributed by atoms with E-state index in [9.17, 15) is 4.79 Å². The van der Waals surface area contributed by atoms with Crippen LogP contribution >= 0.6 is 31.9 Å². The van der Waals surface area contributed by atoms with Gasteiger partial charge in [-0.1, -0.05) is 24.3 Å². The number of aromatic amines is 1. The first-order valence-electron chi connectivity index (χ1n) is 8.38. The van der Waals surface area contributed by atoms with E-state index in [2.05, 4.69) is 59.3 Å². The highest BCUT2D eigenvalue weighted by Gasteiger charge is 2.13. The number of imidazole rings is 1. The molecule has 0 atom stereocenters. The number of nitrogens with zero attached hydrogens (tertiary/aromatic N) is 2. The molecule has 1 amide bonds. The number of fused-ring (bicyclic) bond motifs is 1. The van der Waals surface area contributed by atoms with Crippen molar-refractivity contribution in [3.8, 4) is 0 Å². The molecule has 2 aromatic carbocycles. The summed E-state index contributed by atoms with van der Waals surface area (Å²) in [7, 11) is 0.